The van der Waals surface area contributed by atoms with Crippen molar-refractivity contribution >= 4 is 0 Å². The topological polar surface area (TPSA) is 58.3 Å². The minimum Gasteiger partial charge on any atom is -0.376 e. The lowest BCUT2D eigenvalue weighted by Gasteiger charge is -2.23. The van der Waals surface area contributed by atoms with Crippen molar-refractivity contribution in [3.05, 3.63) is 0 Å². The van der Waals surface area contributed by atoms with Crippen LogP contribution in [0.2, 0.25) is 0 Å². The van der Waals surface area contributed by atoms with Gasteiger partial charge in [0.15, 0.2) is 0 Å². The number of rotatable bonds is 13. The number of nitrogens with two attached hydrogens (primary N) is 1. The highest BCUT2D eigenvalue weighted by Crippen LogP contribution is 2.14. The molecule has 3 nitrogen and oxygen atoms in total. The van der Waals surface area contributed by atoms with E-state index >= 15 is 0 Å². The smallest absolute Gasteiger partial charge is 0.113 e. The molecular formula is C15H34N2O. The highest BCUT2D eigenvalue weighted by molar-refractivity contribution is 4.68. The van der Waals surface area contributed by atoms with Gasteiger partial charge in [-0.25, -0.2) is 0 Å². The molecular weight excluding hydrogens is 224 g/mol. The van der Waals surface area contributed by atoms with Crippen LogP contribution in [0, 0.1) is 0 Å². The Kier molecular flexibility index (Phi) is 11.9. The van der Waals surface area contributed by atoms with Crippen LogP contribution < -0.4 is 11.1 Å². The van der Waals surface area contributed by atoms with Gasteiger partial charge >= 0.3 is 0 Å². The molecule has 0 saturated carbocycles. The van der Waals surface area contributed by atoms with E-state index in [1.54, 1.807) is 0 Å². The third-order valence-corrected chi connectivity index (χ3v) is 3.43. The molecule has 0 saturated heterocycles. The van der Waals surface area contributed by atoms with Gasteiger partial charge in [-0.15, -0.1) is 0 Å². The molecule has 0 radical (unpaired) electrons. The maximum Gasteiger partial charge on any atom is 0.113 e. The highest BCUT2D eigenvalue weighted by atomic mass is 16.3. The molecule has 0 fully saturated rings. The molecule has 4 N–H and O–H groups in total. The van der Waals surface area contributed by atoms with Crippen molar-refractivity contribution in [2.45, 2.75) is 83.8 Å². The molecule has 110 valence electrons. The molecule has 18 heavy (non-hydrogen) atoms. The first-order valence-corrected chi connectivity index (χ1v) is 7.80. The van der Waals surface area contributed by atoms with Crippen molar-refractivity contribution in [2.75, 3.05) is 13.1 Å². The summed E-state index contributed by atoms with van der Waals surface area (Å²) >= 11 is 0. The maximum absolute atomic E-state index is 9.92. The zero-order chi connectivity index (χ0) is 13.7. The summed E-state index contributed by atoms with van der Waals surface area (Å²) in [6, 6.07) is 0. The SMILES string of the molecule is CCNC(C)(O)CCCCCCCCCCCN. The monoisotopic (exact) mass is 258 g/mol. The Bertz CT molecular complexity index is 172. The summed E-state index contributed by atoms with van der Waals surface area (Å²) in [5.41, 5.74) is 4.79. The van der Waals surface area contributed by atoms with Crippen LogP contribution in [0.4, 0.5) is 0 Å². The number of nitrogens with one attached hydrogen (secondary N) is 1. The predicted molar refractivity (Wildman–Crippen MR) is 79.5 cm³/mol. The van der Waals surface area contributed by atoms with E-state index in [2.05, 4.69) is 5.32 Å². The van der Waals surface area contributed by atoms with Crippen molar-refractivity contribution < 1.29 is 5.11 Å². The van der Waals surface area contributed by atoms with Crippen molar-refractivity contribution in [3.63, 3.8) is 0 Å². The molecule has 0 aromatic rings. The van der Waals surface area contributed by atoms with Crippen LogP contribution in [0.3, 0.4) is 0 Å². The summed E-state index contributed by atoms with van der Waals surface area (Å²) in [7, 11) is 0. The Hall–Kier alpha value is -0.120. The van der Waals surface area contributed by atoms with E-state index in [0.717, 1.165) is 25.9 Å². The van der Waals surface area contributed by atoms with Crippen molar-refractivity contribution in [3.8, 4) is 0 Å². The van der Waals surface area contributed by atoms with Gasteiger partial charge < -0.3 is 10.8 Å². The first-order valence-electron chi connectivity index (χ1n) is 7.80. The summed E-state index contributed by atoms with van der Waals surface area (Å²) < 4.78 is 0. The summed E-state index contributed by atoms with van der Waals surface area (Å²) in [5, 5.41) is 13.0. The van der Waals surface area contributed by atoms with Gasteiger partial charge in [-0.2, -0.15) is 0 Å². The van der Waals surface area contributed by atoms with Crippen LogP contribution in [0.25, 0.3) is 0 Å². The van der Waals surface area contributed by atoms with Crippen LogP contribution >= 0.6 is 0 Å². The second kappa shape index (κ2) is 11.9. The molecule has 0 aromatic carbocycles. The number of aliphatic hydroxyl groups is 1. The van der Waals surface area contributed by atoms with E-state index in [-0.39, 0.29) is 0 Å². The van der Waals surface area contributed by atoms with Crippen LogP contribution in [0.1, 0.15) is 78.1 Å². The Labute approximate surface area is 114 Å². The van der Waals surface area contributed by atoms with Gasteiger partial charge in [0.2, 0.25) is 0 Å². The van der Waals surface area contributed by atoms with Crippen LogP contribution in [-0.2, 0) is 0 Å². The van der Waals surface area contributed by atoms with E-state index in [0.29, 0.717) is 0 Å². The van der Waals surface area contributed by atoms with E-state index in [9.17, 15) is 5.11 Å². The van der Waals surface area contributed by atoms with Crippen molar-refractivity contribution in [2.24, 2.45) is 5.73 Å². The number of hydrogen-bond donors (Lipinski definition) is 3. The standard InChI is InChI=1S/C15H34N2O/c1-3-17-15(2,18)13-11-9-7-5-4-6-8-10-12-14-16/h17-18H,3-14,16H2,1-2H3. The fourth-order valence-corrected chi connectivity index (χ4v) is 2.32. The van der Waals surface area contributed by atoms with E-state index in [1.807, 2.05) is 13.8 Å². The third-order valence-electron chi connectivity index (χ3n) is 3.43. The molecule has 0 rings (SSSR count). The number of hydrogen-bond acceptors (Lipinski definition) is 3. The Morgan fingerprint density at radius 1 is 0.889 bits per heavy atom. The van der Waals surface area contributed by atoms with Gasteiger partial charge in [0.1, 0.15) is 5.72 Å². The van der Waals surface area contributed by atoms with Gasteiger partial charge in [0.25, 0.3) is 0 Å². The van der Waals surface area contributed by atoms with Crippen LogP contribution in [-0.4, -0.2) is 23.9 Å². The minimum atomic E-state index is -0.670. The molecule has 0 spiro atoms. The van der Waals surface area contributed by atoms with E-state index in [1.165, 1.54) is 51.4 Å². The second-order valence-electron chi connectivity index (χ2n) is 5.52. The van der Waals surface area contributed by atoms with Gasteiger partial charge in [0, 0.05) is 0 Å². The minimum absolute atomic E-state index is 0.670. The fraction of sp³-hybridized carbons (Fsp3) is 1.00. The molecule has 0 amide bonds. The van der Waals surface area contributed by atoms with E-state index in [4.69, 9.17) is 5.73 Å². The van der Waals surface area contributed by atoms with Crippen molar-refractivity contribution in [1.82, 2.24) is 5.32 Å². The van der Waals surface area contributed by atoms with Gasteiger partial charge in [-0.3, -0.25) is 5.32 Å². The van der Waals surface area contributed by atoms with Gasteiger partial charge in [0.05, 0.1) is 0 Å². The van der Waals surface area contributed by atoms with Crippen LogP contribution in [0.5, 0.6) is 0 Å². The average molecular weight is 258 g/mol. The molecule has 1 atom stereocenters. The largest absolute Gasteiger partial charge is 0.376 e. The maximum atomic E-state index is 9.92. The quantitative estimate of drug-likeness (QED) is 0.351. The normalized spacial score (nSPS) is 14.7. The predicted octanol–water partition coefficient (Wildman–Crippen LogP) is 3.16. The Morgan fingerprint density at radius 2 is 1.33 bits per heavy atom. The molecule has 1 unspecified atom stereocenters. The van der Waals surface area contributed by atoms with Crippen LogP contribution in [0.15, 0.2) is 0 Å². The van der Waals surface area contributed by atoms with Gasteiger partial charge in [-0.1, -0.05) is 51.9 Å². The first kappa shape index (κ1) is 17.9. The lowest BCUT2D eigenvalue weighted by molar-refractivity contribution is 0.0151. The number of unbranched alkanes of at least 4 members (excludes halogenated alkanes) is 8. The second-order valence-corrected chi connectivity index (χ2v) is 5.52. The third kappa shape index (κ3) is 12.3. The Morgan fingerprint density at radius 3 is 1.78 bits per heavy atom. The molecule has 0 aromatic heterocycles. The fourth-order valence-electron chi connectivity index (χ4n) is 2.32. The molecule has 0 aliphatic carbocycles. The lowest BCUT2D eigenvalue weighted by Crippen LogP contribution is -2.41. The Balaban J connectivity index is 3.16. The summed E-state index contributed by atoms with van der Waals surface area (Å²) in [5.74, 6) is 0. The average Bonchev–Trinajstić information content (AvgIpc) is 2.31. The summed E-state index contributed by atoms with van der Waals surface area (Å²) in [4.78, 5) is 0. The van der Waals surface area contributed by atoms with E-state index < -0.39 is 5.72 Å². The van der Waals surface area contributed by atoms with Gasteiger partial charge in [-0.05, 0) is 39.3 Å². The summed E-state index contributed by atoms with van der Waals surface area (Å²) in [6.07, 6.45) is 12.4. The molecule has 0 bridgehead atoms. The zero-order valence-electron chi connectivity index (χ0n) is 12.5. The zero-order valence-corrected chi connectivity index (χ0v) is 12.5. The lowest BCUT2D eigenvalue weighted by atomic mass is 10.0. The molecule has 0 aliphatic rings. The summed E-state index contributed by atoms with van der Waals surface area (Å²) in [6.45, 7) is 5.56. The van der Waals surface area contributed by atoms with Crippen molar-refractivity contribution in [1.29, 1.82) is 0 Å². The molecule has 0 aliphatic heterocycles. The molecule has 3 heteroatoms. The first-order chi connectivity index (χ1) is 8.62. The highest BCUT2D eigenvalue weighted by Gasteiger charge is 2.16. The molecule has 0 heterocycles.